The lowest BCUT2D eigenvalue weighted by atomic mass is 9.97. The molecule has 16 heteroatoms. The average Bonchev–Trinajstić information content (AvgIpc) is 3.99. The van der Waals surface area contributed by atoms with E-state index in [0.29, 0.717) is 13.2 Å². The highest BCUT2D eigenvalue weighted by molar-refractivity contribution is 5.70. The highest BCUT2D eigenvalue weighted by atomic mass is 16.5. The van der Waals surface area contributed by atoms with Crippen LogP contribution >= 0.6 is 0 Å². The maximum Gasteiger partial charge on any atom is 0.179 e. The monoisotopic (exact) mass is 838 g/mol. The van der Waals surface area contributed by atoms with Crippen molar-refractivity contribution in [1.82, 2.24) is 68.5 Å². The van der Waals surface area contributed by atoms with Gasteiger partial charge in [0.15, 0.2) is 22.9 Å². The van der Waals surface area contributed by atoms with Crippen molar-refractivity contribution in [2.45, 2.75) is 73.5 Å². The summed E-state index contributed by atoms with van der Waals surface area (Å²) in [6, 6.07) is 16.6. The van der Waals surface area contributed by atoms with Crippen LogP contribution in [0, 0.1) is 34.6 Å². The molecule has 0 aliphatic heterocycles. The molecule has 0 fully saturated rings. The SMILES string of the molecule is COc1ccc(CCCn2c(C)nnc2C)c(-c2ccc3nnc(CN(C)C)n3c2)c1.Cc1ccc(-c2cn3c(CN(C)C)nnc3cn2)c(OCCc2c(C)nn(C)c2C)c1. The average molecular weight is 839 g/mol. The first-order valence-electron chi connectivity index (χ1n) is 20.9. The first kappa shape index (κ1) is 43.6. The Kier molecular flexibility index (Phi) is 13.4. The van der Waals surface area contributed by atoms with Crippen LogP contribution in [0.5, 0.6) is 11.5 Å². The Bertz CT molecular complexity index is 2770. The van der Waals surface area contributed by atoms with Crippen LogP contribution in [-0.4, -0.2) is 110 Å². The molecule has 0 saturated carbocycles. The van der Waals surface area contributed by atoms with Crippen molar-refractivity contribution in [3.63, 3.8) is 0 Å². The van der Waals surface area contributed by atoms with Crippen molar-refractivity contribution in [2.75, 3.05) is 41.9 Å². The van der Waals surface area contributed by atoms with E-state index in [4.69, 9.17) is 9.47 Å². The number of hydrogen-bond donors (Lipinski definition) is 0. The van der Waals surface area contributed by atoms with Gasteiger partial charge in [-0.3, -0.25) is 18.5 Å². The van der Waals surface area contributed by atoms with Gasteiger partial charge >= 0.3 is 0 Å². The van der Waals surface area contributed by atoms with Gasteiger partial charge in [0.2, 0.25) is 0 Å². The van der Waals surface area contributed by atoms with Crippen LogP contribution in [0.25, 0.3) is 33.7 Å². The Morgan fingerprint density at radius 1 is 0.694 bits per heavy atom. The number of ether oxygens (including phenoxy) is 2. The fourth-order valence-electron chi connectivity index (χ4n) is 7.68. The van der Waals surface area contributed by atoms with E-state index in [0.717, 1.165) is 107 Å². The van der Waals surface area contributed by atoms with Crippen molar-refractivity contribution in [3.8, 4) is 33.9 Å². The summed E-state index contributed by atoms with van der Waals surface area (Å²) in [5.74, 6) is 5.39. The maximum atomic E-state index is 6.26. The fraction of sp³-hybridized carbons (Fsp3) is 0.391. The largest absolute Gasteiger partial charge is 0.497 e. The van der Waals surface area contributed by atoms with Gasteiger partial charge in [-0.25, -0.2) is 0 Å². The van der Waals surface area contributed by atoms with Gasteiger partial charge in [-0.05, 0) is 140 Å². The van der Waals surface area contributed by atoms with Crippen molar-refractivity contribution in [3.05, 3.63) is 118 Å². The number of hydrogen-bond acceptors (Lipinski definition) is 12. The van der Waals surface area contributed by atoms with Gasteiger partial charge in [-0.2, -0.15) is 5.10 Å². The molecule has 8 rings (SSSR count). The molecule has 8 aromatic rings. The molecule has 0 aliphatic rings. The summed E-state index contributed by atoms with van der Waals surface area (Å²) in [7, 11) is 11.8. The van der Waals surface area contributed by atoms with Gasteiger partial charge in [-0.15, -0.1) is 30.6 Å². The van der Waals surface area contributed by atoms with E-state index in [1.165, 1.54) is 22.4 Å². The Labute approximate surface area is 363 Å². The minimum atomic E-state index is 0.574. The maximum absolute atomic E-state index is 6.26. The van der Waals surface area contributed by atoms with Gasteiger partial charge in [-0.1, -0.05) is 12.1 Å². The van der Waals surface area contributed by atoms with E-state index in [2.05, 4.69) is 116 Å². The lowest BCUT2D eigenvalue weighted by molar-refractivity contribution is 0.322. The Balaban J connectivity index is 0.000000186. The predicted octanol–water partition coefficient (Wildman–Crippen LogP) is 6.44. The molecule has 62 heavy (non-hydrogen) atoms. The number of benzene rings is 2. The topological polar surface area (TPSA) is 147 Å². The van der Waals surface area contributed by atoms with E-state index in [9.17, 15) is 0 Å². The summed E-state index contributed by atoms with van der Waals surface area (Å²) in [4.78, 5) is 8.79. The number of nitrogens with zero attached hydrogens (tertiary/aromatic N) is 14. The van der Waals surface area contributed by atoms with Crippen molar-refractivity contribution in [2.24, 2.45) is 7.05 Å². The highest BCUT2D eigenvalue weighted by Crippen LogP contribution is 2.32. The molecule has 2 aromatic carbocycles. The van der Waals surface area contributed by atoms with E-state index in [1.807, 2.05) is 83.4 Å². The standard InChI is InChI=1S/2C23H29N7O/c1-15-7-8-19(20-13-30-22(12-24-20)25-26-23(30)14-28(4)5)21(11-15)31-10-9-18-16(2)27-29(6)17(18)3;1-16-24-25-17(2)29(16)12-6-7-18-8-10-20(31-5)13-21(18)19-9-11-22-26-27-23(15-28(3)4)30(22)14-19/h7-8,11-13H,9-10,14H2,1-6H3;8-11,13-14H,6-7,12,15H2,1-5H3. The third-order valence-electron chi connectivity index (χ3n) is 11.0. The number of rotatable bonds is 15. The first-order chi connectivity index (χ1) is 29.8. The molecular formula is C46H58N14O2. The second kappa shape index (κ2) is 19.0. The molecule has 0 spiro atoms. The van der Waals surface area contributed by atoms with Crippen LogP contribution in [0.1, 0.15) is 57.8 Å². The van der Waals surface area contributed by atoms with E-state index in [-0.39, 0.29) is 0 Å². The van der Waals surface area contributed by atoms with Gasteiger partial charge in [0.25, 0.3) is 0 Å². The molecule has 0 atom stereocenters. The zero-order valence-corrected chi connectivity index (χ0v) is 37.9. The summed E-state index contributed by atoms with van der Waals surface area (Å²) >= 11 is 0. The van der Waals surface area contributed by atoms with Crippen LogP contribution in [0.15, 0.2) is 67.1 Å². The molecule has 0 amide bonds. The first-order valence-corrected chi connectivity index (χ1v) is 20.9. The minimum absolute atomic E-state index is 0.574. The summed E-state index contributed by atoms with van der Waals surface area (Å²) in [5, 5.41) is 30.0. The summed E-state index contributed by atoms with van der Waals surface area (Å²) < 4.78 is 19.9. The van der Waals surface area contributed by atoms with Gasteiger partial charge in [0.1, 0.15) is 23.1 Å². The molecule has 0 bridgehead atoms. The molecule has 324 valence electrons. The summed E-state index contributed by atoms with van der Waals surface area (Å²) in [6.45, 7) is 13.1. The van der Waals surface area contributed by atoms with Crippen molar-refractivity contribution >= 4 is 11.3 Å². The zero-order chi connectivity index (χ0) is 44.1. The molecule has 0 radical (unpaired) electrons. The van der Waals surface area contributed by atoms with Crippen LogP contribution in [-0.2, 0) is 39.5 Å². The summed E-state index contributed by atoms with van der Waals surface area (Å²) in [5.41, 5.74) is 11.6. The van der Waals surface area contributed by atoms with E-state index < -0.39 is 0 Å². The van der Waals surface area contributed by atoms with Crippen LogP contribution < -0.4 is 9.47 Å². The third kappa shape index (κ3) is 9.82. The molecule has 0 saturated heterocycles. The molecule has 6 heterocycles. The second-order valence-electron chi connectivity index (χ2n) is 16.3. The number of fused-ring (bicyclic) bond motifs is 2. The van der Waals surface area contributed by atoms with E-state index >= 15 is 0 Å². The molecule has 0 aliphatic carbocycles. The van der Waals surface area contributed by atoms with Crippen LogP contribution in [0.3, 0.4) is 0 Å². The smallest absolute Gasteiger partial charge is 0.179 e. The minimum Gasteiger partial charge on any atom is -0.497 e. The molecule has 16 nitrogen and oxygen atoms in total. The van der Waals surface area contributed by atoms with Crippen LogP contribution in [0.4, 0.5) is 0 Å². The summed E-state index contributed by atoms with van der Waals surface area (Å²) in [6.07, 6.45) is 8.62. The molecular weight excluding hydrogens is 781 g/mol. The number of aryl methyl sites for hydroxylation is 6. The lowest BCUT2D eigenvalue weighted by Gasteiger charge is -2.14. The Hall–Kier alpha value is -6.52. The normalized spacial score (nSPS) is 11.6. The highest BCUT2D eigenvalue weighted by Gasteiger charge is 2.16. The molecule has 0 N–H and O–H groups in total. The third-order valence-corrected chi connectivity index (χ3v) is 11.0. The van der Waals surface area contributed by atoms with Crippen LogP contribution in [0.2, 0.25) is 0 Å². The zero-order valence-electron chi connectivity index (χ0n) is 37.9. The fourth-order valence-corrected chi connectivity index (χ4v) is 7.68. The molecule has 6 aromatic heterocycles. The number of pyridine rings is 1. The van der Waals surface area contributed by atoms with Crippen molar-refractivity contribution in [1.29, 1.82) is 0 Å². The Morgan fingerprint density at radius 2 is 1.39 bits per heavy atom. The van der Waals surface area contributed by atoms with Crippen molar-refractivity contribution < 1.29 is 9.47 Å². The van der Waals surface area contributed by atoms with Gasteiger partial charge < -0.3 is 23.8 Å². The molecule has 0 unspecified atom stereocenters. The second-order valence-corrected chi connectivity index (χ2v) is 16.3. The van der Waals surface area contributed by atoms with E-state index in [1.54, 1.807) is 13.3 Å². The van der Waals surface area contributed by atoms with Gasteiger partial charge in [0.05, 0.1) is 44.4 Å². The number of aromatic nitrogens is 12. The quantitative estimate of drug-likeness (QED) is 0.112. The lowest BCUT2D eigenvalue weighted by Crippen LogP contribution is -2.13. The predicted molar refractivity (Wildman–Crippen MR) is 240 cm³/mol. The number of methoxy groups -OCH3 is 1. The van der Waals surface area contributed by atoms with Gasteiger partial charge in [0, 0.05) is 43.7 Å². The Morgan fingerprint density at radius 3 is 2.05 bits per heavy atom.